The number of carbonyl (C=O) groups excluding carboxylic acids is 1. The highest BCUT2D eigenvalue weighted by molar-refractivity contribution is 7.99. The van der Waals surface area contributed by atoms with E-state index >= 15 is 0 Å². The number of nitrogen functional groups attached to an aromatic ring is 1. The Balaban J connectivity index is 1.38. The summed E-state index contributed by atoms with van der Waals surface area (Å²) in [5.74, 6) is 7.68. The van der Waals surface area contributed by atoms with E-state index in [0.717, 1.165) is 5.56 Å². The van der Waals surface area contributed by atoms with E-state index in [4.69, 9.17) is 15.3 Å². The van der Waals surface area contributed by atoms with Crippen molar-refractivity contribution in [2.45, 2.75) is 31.5 Å². The zero-order valence-electron chi connectivity index (χ0n) is 18.5. The number of ether oxygens (including phenoxy) is 2. The molecule has 2 aromatic carbocycles. The number of carbonyl (C=O) groups is 1. The van der Waals surface area contributed by atoms with Gasteiger partial charge in [-0.15, -0.1) is 10.2 Å². The van der Waals surface area contributed by atoms with Gasteiger partial charge in [0, 0.05) is 6.42 Å². The molecule has 1 aromatic heterocycles. The predicted molar refractivity (Wildman–Crippen MR) is 123 cm³/mol. The van der Waals surface area contributed by atoms with Gasteiger partial charge < -0.3 is 20.6 Å². The molecular formula is C23H26FN5O3S. The number of fused-ring (bicyclic) bond motifs is 1. The number of aromatic nitrogens is 3. The highest BCUT2D eigenvalue weighted by Crippen LogP contribution is 2.34. The van der Waals surface area contributed by atoms with Crippen molar-refractivity contribution in [1.29, 1.82) is 0 Å². The minimum Gasteiger partial charge on any atom is -0.486 e. The highest BCUT2D eigenvalue weighted by atomic mass is 32.2. The average molecular weight is 472 g/mol. The molecule has 4 rings (SSSR count). The van der Waals surface area contributed by atoms with Gasteiger partial charge in [-0.3, -0.25) is 4.79 Å². The molecule has 2 heterocycles. The van der Waals surface area contributed by atoms with Crippen molar-refractivity contribution in [2.24, 2.45) is 5.92 Å². The summed E-state index contributed by atoms with van der Waals surface area (Å²) in [6.07, 6.45) is 0.211. The fourth-order valence-electron chi connectivity index (χ4n) is 3.57. The number of thioether (sulfide) groups is 1. The Morgan fingerprint density at radius 1 is 1.18 bits per heavy atom. The summed E-state index contributed by atoms with van der Waals surface area (Å²) < 4.78 is 26.5. The van der Waals surface area contributed by atoms with Crippen LogP contribution >= 0.6 is 11.8 Å². The Kier molecular flexibility index (Phi) is 7.02. The number of halogens is 1. The molecule has 0 saturated carbocycles. The Hall–Kier alpha value is -3.27. The first-order valence-corrected chi connectivity index (χ1v) is 11.7. The zero-order valence-corrected chi connectivity index (χ0v) is 19.3. The summed E-state index contributed by atoms with van der Waals surface area (Å²) in [7, 11) is 0. The first kappa shape index (κ1) is 22.9. The largest absolute Gasteiger partial charge is 0.486 e. The van der Waals surface area contributed by atoms with Crippen LogP contribution in [0, 0.1) is 11.7 Å². The summed E-state index contributed by atoms with van der Waals surface area (Å²) in [6.45, 7) is 5.12. The van der Waals surface area contributed by atoms with Gasteiger partial charge in [-0.25, -0.2) is 9.07 Å². The quantitative estimate of drug-likeness (QED) is 0.384. The van der Waals surface area contributed by atoms with Gasteiger partial charge in [0.1, 0.15) is 19.0 Å². The second-order valence-corrected chi connectivity index (χ2v) is 8.96. The number of nitrogens with one attached hydrogen (secondary N) is 1. The first-order valence-electron chi connectivity index (χ1n) is 10.7. The third-order valence-electron chi connectivity index (χ3n) is 5.28. The molecule has 1 atom stereocenters. The molecule has 3 aromatic rings. The molecule has 0 unspecified atom stereocenters. The zero-order chi connectivity index (χ0) is 23.4. The van der Waals surface area contributed by atoms with Crippen LogP contribution in [0.25, 0.3) is 0 Å². The Labute approximate surface area is 195 Å². The van der Waals surface area contributed by atoms with E-state index in [0.29, 0.717) is 41.3 Å². The van der Waals surface area contributed by atoms with E-state index in [1.165, 1.54) is 22.5 Å². The summed E-state index contributed by atoms with van der Waals surface area (Å²) in [5, 5.41) is 11.6. The van der Waals surface area contributed by atoms with Crippen LogP contribution in [0.2, 0.25) is 0 Å². The van der Waals surface area contributed by atoms with Gasteiger partial charge >= 0.3 is 0 Å². The summed E-state index contributed by atoms with van der Waals surface area (Å²) >= 11 is 1.18. The van der Waals surface area contributed by atoms with Gasteiger partial charge in [0.2, 0.25) is 11.1 Å². The lowest BCUT2D eigenvalue weighted by atomic mass is 9.95. The van der Waals surface area contributed by atoms with Crippen LogP contribution < -0.4 is 20.6 Å². The van der Waals surface area contributed by atoms with Crippen LogP contribution in [0.1, 0.15) is 36.8 Å². The second-order valence-electron chi connectivity index (χ2n) is 8.02. The molecule has 8 nitrogen and oxygen atoms in total. The topological polar surface area (TPSA) is 104 Å². The van der Waals surface area contributed by atoms with Crippen molar-refractivity contribution in [1.82, 2.24) is 20.2 Å². The smallest absolute Gasteiger partial charge is 0.230 e. The fourth-order valence-corrected chi connectivity index (χ4v) is 4.26. The first-order chi connectivity index (χ1) is 15.9. The maximum absolute atomic E-state index is 13.9. The van der Waals surface area contributed by atoms with E-state index in [1.807, 2.05) is 32.0 Å². The second kappa shape index (κ2) is 10.1. The third-order valence-corrected chi connectivity index (χ3v) is 6.23. The molecule has 0 fully saturated rings. The number of hydrogen-bond acceptors (Lipinski definition) is 7. The van der Waals surface area contributed by atoms with E-state index < -0.39 is 0 Å². The molecular weight excluding hydrogens is 445 g/mol. The van der Waals surface area contributed by atoms with Crippen molar-refractivity contribution < 1.29 is 18.7 Å². The number of rotatable bonds is 8. The molecule has 174 valence electrons. The molecule has 0 spiro atoms. The molecule has 10 heteroatoms. The van der Waals surface area contributed by atoms with E-state index in [2.05, 4.69) is 15.5 Å². The summed E-state index contributed by atoms with van der Waals surface area (Å²) in [6, 6.07) is 12.0. The van der Waals surface area contributed by atoms with Gasteiger partial charge in [0.05, 0.1) is 11.8 Å². The minimum atomic E-state index is -0.326. The summed E-state index contributed by atoms with van der Waals surface area (Å²) in [5.41, 5.74) is 1.42. The molecule has 0 bridgehead atoms. The van der Waals surface area contributed by atoms with Crippen LogP contribution in [0.5, 0.6) is 11.5 Å². The van der Waals surface area contributed by atoms with Crippen molar-refractivity contribution >= 4 is 17.7 Å². The lowest BCUT2D eigenvalue weighted by Crippen LogP contribution is -2.33. The Morgan fingerprint density at radius 2 is 1.94 bits per heavy atom. The highest BCUT2D eigenvalue weighted by Gasteiger charge is 2.22. The van der Waals surface area contributed by atoms with Crippen LogP contribution in [0.4, 0.5) is 4.39 Å². The van der Waals surface area contributed by atoms with E-state index in [9.17, 15) is 9.18 Å². The standard InChI is InChI=1S/C23H26FN5O3S/c1-14(2)22(16-7-8-18-19(11-16)32-10-9-31-18)26-21(30)13-33-23-28-27-20(29(23)25)12-15-5-3-4-6-17(15)24/h3-8,11,14,22H,9-10,12-13,25H2,1-2H3,(H,26,30)/t22-/m0/s1. The molecule has 0 radical (unpaired) electrons. The molecule has 0 aliphatic carbocycles. The van der Waals surface area contributed by atoms with Crippen LogP contribution in [0.3, 0.4) is 0 Å². The number of hydrogen-bond donors (Lipinski definition) is 2. The van der Waals surface area contributed by atoms with Gasteiger partial charge in [0.25, 0.3) is 0 Å². The molecule has 33 heavy (non-hydrogen) atoms. The number of nitrogens with zero attached hydrogens (tertiary/aromatic N) is 3. The Morgan fingerprint density at radius 3 is 2.70 bits per heavy atom. The molecule has 1 aliphatic heterocycles. The normalized spacial score (nSPS) is 13.7. The number of amides is 1. The number of benzene rings is 2. The van der Waals surface area contributed by atoms with Crippen LogP contribution in [-0.4, -0.2) is 39.7 Å². The van der Waals surface area contributed by atoms with Crippen molar-refractivity contribution in [2.75, 3.05) is 24.8 Å². The Bertz CT molecular complexity index is 1140. The van der Waals surface area contributed by atoms with Crippen LogP contribution in [-0.2, 0) is 11.2 Å². The van der Waals surface area contributed by atoms with Crippen LogP contribution in [0.15, 0.2) is 47.6 Å². The van der Waals surface area contributed by atoms with Crippen molar-refractivity contribution in [3.63, 3.8) is 0 Å². The van der Waals surface area contributed by atoms with Gasteiger partial charge in [0.15, 0.2) is 17.3 Å². The predicted octanol–water partition coefficient (Wildman–Crippen LogP) is 3.10. The van der Waals surface area contributed by atoms with Crippen molar-refractivity contribution in [3.05, 3.63) is 65.2 Å². The number of nitrogens with two attached hydrogens (primary N) is 1. The molecule has 1 aliphatic rings. The SMILES string of the molecule is CC(C)[C@H](NC(=O)CSc1nnc(Cc2ccccc2F)n1N)c1ccc2c(c1)OCCO2. The lowest BCUT2D eigenvalue weighted by Gasteiger charge is -2.25. The fraction of sp³-hybridized carbons (Fsp3) is 0.348. The van der Waals surface area contributed by atoms with E-state index in [1.54, 1.807) is 18.2 Å². The average Bonchev–Trinajstić information content (AvgIpc) is 3.16. The van der Waals surface area contributed by atoms with Crippen molar-refractivity contribution in [3.8, 4) is 11.5 Å². The van der Waals surface area contributed by atoms with Gasteiger partial charge in [-0.1, -0.05) is 49.9 Å². The molecule has 1 amide bonds. The molecule has 0 saturated heterocycles. The minimum absolute atomic E-state index is 0.114. The third kappa shape index (κ3) is 5.39. The molecule has 3 N–H and O–H groups in total. The van der Waals surface area contributed by atoms with Gasteiger partial charge in [-0.05, 0) is 35.2 Å². The lowest BCUT2D eigenvalue weighted by molar-refractivity contribution is -0.119. The van der Waals surface area contributed by atoms with Gasteiger partial charge in [-0.2, -0.15) is 0 Å². The monoisotopic (exact) mass is 471 g/mol. The summed E-state index contributed by atoms with van der Waals surface area (Å²) in [4.78, 5) is 12.7. The van der Waals surface area contributed by atoms with E-state index in [-0.39, 0.29) is 35.9 Å². The maximum Gasteiger partial charge on any atom is 0.230 e. The maximum atomic E-state index is 13.9.